The number of rotatable bonds is 5. The zero-order valence-corrected chi connectivity index (χ0v) is 12.6. The molecule has 0 spiro atoms. The van der Waals surface area contributed by atoms with Crippen LogP contribution in [-0.2, 0) is 30.3 Å². The second kappa shape index (κ2) is 5.96. The van der Waals surface area contributed by atoms with E-state index in [-0.39, 0.29) is 6.61 Å². The van der Waals surface area contributed by atoms with Crippen molar-refractivity contribution >= 4 is 5.97 Å². The number of hydrogen-bond acceptors (Lipinski definition) is 6. The maximum Gasteiger partial charge on any atom is 0.338 e. The smallest absolute Gasteiger partial charge is 0.338 e. The lowest BCUT2D eigenvalue weighted by atomic mass is 10.1. The average molecular weight is 308 g/mol. The Bertz CT molecular complexity index is 529. The molecule has 0 aliphatic carbocycles. The fourth-order valence-corrected chi connectivity index (χ4v) is 2.74. The van der Waals surface area contributed by atoms with Crippen LogP contribution in [0.15, 0.2) is 30.3 Å². The van der Waals surface area contributed by atoms with Crippen molar-refractivity contribution in [3.8, 4) is 0 Å². The quantitative estimate of drug-likeness (QED) is 0.818. The van der Waals surface area contributed by atoms with Crippen LogP contribution in [0, 0.1) is 0 Å². The molecule has 0 unspecified atom stereocenters. The summed E-state index contributed by atoms with van der Waals surface area (Å²) in [5.41, 5.74) is 1.01. The van der Waals surface area contributed by atoms with Gasteiger partial charge in [0.05, 0.1) is 13.2 Å². The Morgan fingerprint density at radius 1 is 1.27 bits per heavy atom. The number of esters is 1. The van der Waals surface area contributed by atoms with E-state index >= 15 is 0 Å². The molecule has 3 rings (SSSR count). The van der Waals surface area contributed by atoms with Crippen molar-refractivity contribution in [3.05, 3.63) is 35.9 Å². The Labute approximate surface area is 128 Å². The minimum Gasteiger partial charge on any atom is -0.455 e. The van der Waals surface area contributed by atoms with Crippen molar-refractivity contribution < 1.29 is 28.8 Å². The number of aliphatic hydroxyl groups excluding tert-OH is 1. The van der Waals surface area contributed by atoms with Crippen LogP contribution in [0.4, 0.5) is 0 Å². The molecule has 0 bridgehead atoms. The van der Waals surface area contributed by atoms with E-state index in [4.69, 9.17) is 18.9 Å². The van der Waals surface area contributed by atoms with E-state index in [2.05, 4.69) is 0 Å². The molecule has 1 aromatic carbocycles. The second-order valence-corrected chi connectivity index (χ2v) is 5.99. The number of ether oxygens (including phenoxy) is 4. The van der Waals surface area contributed by atoms with Crippen LogP contribution in [0.3, 0.4) is 0 Å². The lowest BCUT2D eigenvalue weighted by Crippen LogP contribution is -2.41. The van der Waals surface area contributed by atoms with E-state index in [9.17, 15) is 9.90 Å². The van der Waals surface area contributed by atoms with Gasteiger partial charge < -0.3 is 24.1 Å². The third kappa shape index (κ3) is 3.15. The molecule has 0 saturated carbocycles. The third-order valence-corrected chi connectivity index (χ3v) is 3.72. The van der Waals surface area contributed by atoms with Crippen LogP contribution in [0.2, 0.25) is 0 Å². The molecule has 2 saturated heterocycles. The van der Waals surface area contributed by atoms with Crippen LogP contribution in [0.1, 0.15) is 19.4 Å². The van der Waals surface area contributed by atoms with Crippen LogP contribution in [0.25, 0.3) is 0 Å². The SMILES string of the molecule is CC1(C)O[C@H]2[C@@H]([C@@H](O)COCc3ccccc3)OC(=O)[C@H]2O1. The number of cyclic esters (lactones) is 1. The van der Waals surface area contributed by atoms with Gasteiger partial charge in [0, 0.05) is 0 Å². The molecular weight excluding hydrogens is 288 g/mol. The Hall–Kier alpha value is -1.47. The van der Waals surface area contributed by atoms with Crippen molar-refractivity contribution in [2.45, 2.75) is 50.7 Å². The minimum atomic E-state index is -0.958. The maximum atomic E-state index is 11.8. The molecule has 0 amide bonds. The highest BCUT2D eigenvalue weighted by Gasteiger charge is 2.57. The van der Waals surface area contributed by atoms with Crippen molar-refractivity contribution in [2.24, 2.45) is 0 Å². The van der Waals surface area contributed by atoms with E-state index in [0.717, 1.165) is 5.56 Å². The first kappa shape index (κ1) is 15.4. The molecular formula is C16H20O6. The molecule has 22 heavy (non-hydrogen) atoms. The highest BCUT2D eigenvalue weighted by Crippen LogP contribution is 2.37. The predicted octanol–water partition coefficient (Wildman–Crippen LogP) is 1.01. The van der Waals surface area contributed by atoms with Gasteiger partial charge in [0.25, 0.3) is 0 Å². The summed E-state index contributed by atoms with van der Waals surface area (Å²) in [4.78, 5) is 11.8. The molecule has 6 heteroatoms. The molecule has 2 heterocycles. The fraction of sp³-hybridized carbons (Fsp3) is 0.562. The van der Waals surface area contributed by atoms with Gasteiger partial charge in [-0.2, -0.15) is 0 Å². The van der Waals surface area contributed by atoms with E-state index in [0.29, 0.717) is 6.61 Å². The standard InChI is InChI=1S/C16H20O6/c1-16(2)21-13-12(20-15(18)14(13)22-16)11(17)9-19-8-10-6-4-3-5-7-10/h3-7,11-14,17H,8-9H2,1-2H3/t11-,12+,13-,14-/m0/s1. The minimum absolute atomic E-state index is 0.0554. The Kier molecular flexibility index (Phi) is 4.18. The molecule has 0 aromatic heterocycles. The first-order chi connectivity index (χ1) is 10.5. The normalized spacial score (nSPS) is 30.9. The maximum absolute atomic E-state index is 11.8. The van der Waals surface area contributed by atoms with Crippen LogP contribution < -0.4 is 0 Å². The van der Waals surface area contributed by atoms with Crippen molar-refractivity contribution in [2.75, 3.05) is 6.61 Å². The average Bonchev–Trinajstić information content (AvgIpc) is 2.94. The van der Waals surface area contributed by atoms with Crippen LogP contribution >= 0.6 is 0 Å². The van der Waals surface area contributed by atoms with E-state index in [1.807, 2.05) is 30.3 Å². The van der Waals surface area contributed by atoms with Gasteiger partial charge in [0.2, 0.25) is 0 Å². The number of carbonyl (C=O) groups is 1. The Morgan fingerprint density at radius 3 is 2.73 bits per heavy atom. The van der Waals surface area contributed by atoms with Gasteiger partial charge in [0.15, 0.2) is 18.0 Å². The number of fused-ring (bicyclic) bond motifs is 1. The number of benzene rings is 1. The summed E-state index contributed by atoms with van der Waals surface area (Å²) in [6.45, 7) is 3.90. The van der Waals surface area contributed by atoms with Crippen LogP contribution in [0.5, 0.6) is 0 Å². The molecule has 2 fully saturated rings. The van der Waals surface area contributed by atoms with Crippen LogP contribution in [-0.4, -0.2) is 47.9 Å². The van der Waals surface area contributed by atoms with Gasteiger partial charge in [-0.15, -0.1) is 0 Å². The Morgan fingerprint density at radius 2 is 2.00 bits per heavy atom. The summed E-state index contributed by atoms with van der Waals surface area (Å²) >= 11 is 0. The van der Waals surface area contributed by atoms with Crippen molar-refractivity contribution in [1.29, 1.82) is 0 Å². The summed E-state index contributed by atoms with van der Waals surface area (Å²) in [5.74, 6) is -1.35. The highest BCUT2D eigenvalue weighted by atomic mass is 16.8. The van der Waals surface area contributed by atoms with Gasteiger partial charge in [-0.25, -0.2) is 4.79 Å². The van der Waals surface area contributed by atoms with E-state index in [1.165, 1.54) is 0 Å². The van der Waals surface area contributed by atoms with Gasteiger partial charge >= 0.3 is 5.97 Å². The van der Waals surface area contributed by atoms with Gasteiger partial charge in [-0.05, 0) is 19.4 Å². The molecule has 1 N–H and O–H groups in total. The third-order valence-electron chi connectivity index (χ3n) is 3.72. The molecule has 2 aliphatic heterocycles. The first-order valence-corrected chi connectivity index (χ1v) is 7.32. The lowest BCUT2D eigenvalue weighted by molar-refractivity contribution is -0.196. The highest BCUT2D eigenvalue weighted by molar-refractivity contribution is 5.78. The van der Waals surface area contributed by atoms with Crippen molar-refractivity contribution in [3.63, 3.8) is 0 Å². The summed E-state index contributed by atoms with van der Waals surface area (Å²) < 4.78 is 21.8. The predicted molar refractivity (Wildman–Crippen MR) is 75.8 cm³/mol. The second-order valence-electron chi connectivity index (χ2n) is 5.99. The molecule has 2 aliphatic rings. The number of hydrogen-bond donors (Lipinski definition) is 1. The fourth-order valence-electron chi connectivity index (χ4n) is 2.74. The molecule has 4 atom stereocenters. The number of aliphatic hydroxyl groups is 1. The zero-order chi connectivity index (χ0) is 15.7. The lowest BCUT2D eigenvalue weighted by Gasteiger charge is -2.24. The molecule has 120 valence electrons. The Balaban J connectivity index is 1.54. The monoisotopic (exact) mass is 308 g/mol. The summed E-state index contributed by atoms with van der Waals surface area (Å²) in [7, 11) is 0. The summed E-state index contributed by atoms with van der Waals surface area (Å²) in [5, 5.41) is 10.2. The topological polar surface area (TPSA) is 74.2 Å². The summed E-state index contributed by atoms with van der Waals surface area (Å²) in [6, 6.07) is 9.65. The van der Waals surface area contributed by atoms with Gasteiger partial charge in [-0.1, -0.05) is 30.3 Å². The molecule has 1 aromatic rings. The van der Waals surface area contributed by atoms with E-state index in [1.54, 1.807) is 13.8 Å². The first-order valence-electron chi connectivity index (χ1n) is 7.32. The van der Waals surface area contributed by atoms with Crippen molar-refractivity contribution in [1.82, 2.24) is 0 Å². The van der Waals surface area contributed by atoms with Gasteiger partial charge in [0.1, 0.15) is 12.2 Å². The van der Waals surface area contributed by atoms with Gasteiger partial charge in [-0.3, -0.25) is 0 Å². The molecule has 6 nitrogen and oxygen atoms in total. The number of carbonyl (C=O) groups excluding carboxylic acids is 1. The molecule has 0 radical (unpaired) electrons. The zero-order valence-electron chi connectivity index (χ0n) is 12.6. The van der Waals surface area contributed by atoms with E-state index < -0.39 is 36.2 Å². The largest absolute Gasteiger partial charge is 0.455 e. The summed E-state index contributed by atoms with van der Waals surface area (Å²) in [6.07, 6.45) is -3.10.